The number of hydrogen-bond acceptors (Lipinski definition) is 3. The van der Waals surface area contributed by atoms with E-state index in [1.54, 1.807) is 12.4 Å². The smallest absolute Gasteiger partial charge is 0.133 e. The molecular weight excluding hydrogens is 232 g/mol. The van der Waals surface area contributed by atoms with Crippen LogP contribution in [0.5, 0.6) is 0 Å². The van der Waals surface area contributed by atoms with Crippen LogP contribution in [0.2, 0.25) is 0 Å². The van der Waals surface area contributed by atoms with Crippen LogP contribution < -0.4 is 0 Å². The Bertz CT molecular complexity index is 263. The van der Waals surface area contributed by atoms with Gasteiger partial charge in [-0.25, -0.2) is 9.97 Å². The highest BCUT2D eigenvalue weighted by Crippen LogP contribution is 2.17. The molecule has 0 spiro atoms. The fourth-order valence-electron chi connectivity index (χ4n) is 1.08. The number of nitrogens with zero attached hydrogens (tertiary/aromatic N) is 2. The molecule has 1 aromatic rings. The Hall–Kier alpha value is -0.480. The SMILES string of the molecule is CCC(O)C(C)c1ncc(Br)cn1. The van der Waals surface area contributed by atoms with Gasteiger partial charge in [0, 0.05) is 18.3 Å². The van der Waals surface area contributed by atoms with Crippen molar-refractivity contribution in [1.82, 2.24) is 9.97 Å². The fourth-order valence-corrected chi connectivity index (χ4v) is 1.29. The second-order valence-electron chi connectivity index (χ2n) is 3.02. The molecule has 0 saturated heterocycles. The summed E-state index contributed by atoms with van der Waals surface area (Å²) in [6.45, 7) is 3.87. The van der Waals surface area contributed by atoms with Gasteiger partial charge in [-0.05, 0) is 22.4 Å². The van der Waals surface area contributed by atoms with Gasteiger partial charge >= 0.3 is 0 Å². The van der Waals surface area contributed by atoms with Gasteiger partial charge in [0.15, 0.2) is 0 Å². The van der Waals surface area contributed by atoms with E-state index in [-0.39, 0.29) is 12.0 Å². The molecule has 1 N–H and O–H groups in total. The van der Waals surface area contributed by atoms with E-state index in [1.807, 2.05) is 13.8 Å². The first kappa shape index (κ1) is 10.6. The van der Waals surface area contributed by atoms with Gasteiger partial charge in [0.25, 0.3) is 0 Å². The normalized spacial score (nSPS) is 15.4. The van der Waals surface area contributed by atoms with Gasteiger partial charge in [-0.2, -0.15) is 0 Å². The van der Waals surface area contributed by atoms with E-state index < -0.39 is 0 Å². The lowest BCUT2D eigenvalue weighted by molar-refractivity contribution is 0.142. The minimum absolute atomic E-state index is 0.00176. The van der Waals surface area contributed by atoms with Gasteiger partial charge < -0.3 is 5.11 Å². The van der Waals surface area contributed by atoms with Gasteiger partial charge in [0.2, 0.25) is 0 Å². The zero-order chi connectivity index (χ0) is 9.84. The highest BCUT2D eigenvalue weighted by molar-refractivity contribution is 9.10. The van der Waals surface area contributed by atoms with E-state index in [1.165, 1.54) is 0 Å². The number of aromatic nitrogens is 2. The fraction of sp³-hybridized carbons (Fsp3) is 0.556. The molecule has 0 aromatic carbocycles. The summed E-state index contributed by atoms with van der Waals surface area (Å²) in [5.41, 5.74) is 0. The van der Waals surface area contributed by atoms with Crippen molar-refractivity contribution in [2.75, 3.05) is 0 Å². The van der Waals surface area contributed by atoms with Crippen LogP contribution in [0.25, 0.3) is 0 Å². The van der Waals surface area contributed by atoms with Crippen LogP contribution in [-0.2, 0) is 0 Å². The van der Waals surface area contributed by atoms with Gasteiger partial charge in [-0.1, -0.05) is 13.8 Å². The molecule has 72 valence electrons. The maximum Gasteiger partial charge on any atom is 0.133 e. The minimum Gasteiger partial charge on any atom is -0.392 e. The van der Waals surface area contributed by atoms with E-state index in [0.29, 0.717) is 5.82 Å². The van der Waals surface area contributed by atoms with Crippen LogP contribution in [0.1, 0.15) is 32.0 Å². The summed E-state index contributed by atoms with van der Waals surface area (Å²) < 4.78 is 0.856. The minimum atomic E-state index is -0.360. The molecule has 0 radical (unpaired) electrons. The molecule has 1 heterocycles. The van der Waals surface area contributed by atoms with Crippen molar-refractivity contribution in [3.63, 3.8) is 0 Å². The summed E-state index contributed by atoms with van der Waals surface area (Å²) in [6.07, 6.45) is 3.75. The molecule has 1 aromatic heterocycles. The molecule has 2 atom stereocenters. The van der Waals surface area contributed by atoms with Crippen LogP contribution in [0.15, 0.2) is 16.9 Å². The van der Waals surface area contributed by atoms with E-state index in [0.717, 1.165) is 10.9 Å². The summed E-state index contributed by atoms with van der Waals surface area (Å²) in [5.74, 6) is 0.690. The Kier molecular flexibility index (Phi) is 3.81. The molecule has 1 rings (SSSR count). The standard InChI is InChI=1S/C9H13BrN2O/c1-3-8(13)6(2)9-11-4-7(10)5-12-9/h4-6,8,13H,3H2,1-2H3. The molecule has 0 amide bonds. The first-order valence-corrected chi connectivity index (χ1v) is 5.10. The zero-order valence-corrected chi connectivity index (χ0v) is 9.32. The van der Waals surface area contributed by atoms with Gasteiger partial charge in [0.05, 0.1) is 10.6 Å². The van der Waals surface area contributed by atoms with Crippen molar-refractivity contribution in [2.24, 2.45) is 0 Å². The molecule has 3 nitrogen and oxygen atoms in total. The molecule has 13 heavy (non-hydrogen) atoms. The molecule has 0 fully saturated rings. The van der Waals surface area contributed by atoms with Crippen LogP contribution in [-0.4, -0.2) is 21.2 Å². The third-order valence-electron chi connectivity index (χ3n) is 2.04. The van der Waals surface area contributed by atoms with Crippen molar-refractivity contribution in [3.05, 3.63) is 22.7 Å². The highest BCUT2D eigenvalue weighted by atomic mass is 79.9. The maximum atomic E-state index is 9.56. The zero-order valence-electron chi connectivity index (χ0n) is 7.74. The van der Waals surface area contributed by atoms with E-state index in [9.17, 15) is 5.11 Å². The number of halogens is 1. The lowest BCUT2D eigenvalue weighted by atomic mass is 10.0. The Morgan fingerprint density at radius 2 is 2.00 bits per heavy atom. The average Bonchev–Trinajstić information content (AvgIpc) is 2.17. The summed E-state index contributed by atoms with van der Waals surface area (Å²) in [5, 5.41) is 9.56. The van der Waals surface area contributed by atoms with Crippen molar-refractivity contribution >= 4 is 15.9 Å². The monoisotopic (exact) mass is 244 g/mol. The molecule has 0 bridgehead atoms. The third-order valence-corrected chi connectivity index (χ3v) is 2.45. The summed E-state index contributed by atoms with van der Waals surface area (Å²) in [4.78, 5) is 8.26. The number of aliphatic hydroxyl groups is 1. The van der Waals surface area contributed by atoms with Crippen LogP contribution >= 0.6 is 15.9 Å². The lowest BCUT2D eigenvalue weighted by Gasteiger charge is -2.15. The third kappa shape index (κ3) is 2.74. The number of rotatable bonds is 3. The second-order valence-corrected chi connectivity index (χ2v) is 3.94. The van der Waals surface area contributed by atoms with Crippen LogP contribution in [0, 0.1) is 0 Å². The average molecular weight is 245 g/mol. The largest absolute Gasteiger partial charge is 0.392 e. The number of hydrogen-bond donors (Lipinski definition) is 1. The van der Waals surface area contributed by atoms with Crippen LogP contribution in [0.3, 0.4) is 0 Å². The lowest BCUT2D eigenvalue weighted by Crippen LogP contribution is -2.16. The Labute approximate surface area is 86.4 Å². The van der Waals surface area contributed by atoms with Crippen molar-refractivity contribution in [3.8, 4) is 0 Å². The predicted molar refractivity (Wildman–Crippen MR) is 54.4 cm³/mol. The molecule has 2 unspecified atom stereocenters. The van der Waals surface area contributed by atoms with E-state index >= 15 is 0 Å². The van der Waals surface area contributed by atoms with Crippen molar-refractivity contribution < 1.29 is 5.11 Å². The Morgan fingerprint density at radius 3 is 2.46 bits per heavy atom. The van der Waals surface area contributed by atoms with Crippen molar-refractivity contribution in [2.45, 2.75) is 32.3 Å². The summed E-state index contributed by atoms with van der Waals surface area (Å²) in [6, 6.07) is 0. The van der Waals surface area contributed by atoms with E-state index in [4.69, 9.17) is 0 Å². The first-order chi connectivity index (χ1) is 6.15. The molecule has 0 aliphatic heterocycles. The van der Waals surface area contributed by atoms with Gasteiger partial charge in [-0.15, -0.1) is 0 Å². The highest BCUT2D eigenvalue weighted by Gasteiger charge is 2.16. The quantitative estimate of drug-likeness (QED) is 0.887. The first-order valence-electron chi connectivity index (χ1n) is 4.30. The molecule has 0 aliphatic carbocycles. The van der Waals surface area contributed by atoms with Crippen LogP contribution in [0.4, 0.5) is 0 Å². The maximum absolute atomic E-state index is 9.56. The molecule has 4 heteroatoms. The van der Waals surface area contributed by atoms with Gasteiger partial charge in [-0.3, -0.25) is 0 Å². The molecule has 0 aliphatic rings. The number of aliphatic hydroxyl groups excluding tert-OH is 1. The van der Waals surface area contributed by atoms with Crippen molar-refractivity contribution in [1.29, 1.82) is 0 Å². The van der Waals surface area contributed by atoms with Gasteiger partial charge in [0.1, 0.15) is 5.82 Å². The Balaban J connectivity index is 2.77. The molecular formula is C9H13BrN2O. The molecule has 0 saturated carbocycles. The Morgan fingerprint density at radius 1 is 1.46 bits per heavy atom. The second kappa shape index (κ2) is 4.67. The topological polar surface area (TPSA) is 46.0 Å². The summed E-state index contributed by atoms with van der Waals surface area (Å²) >= 11 is 3.26. The van der Waals surface area contributed by atoms with E-state index in [2.05, 4.69) is 25.9 Å². The predicted octanol–water partition coefficient (Wildman–Crippen LogP) is 2.11. The summed E-state index contributed by atoms with van der Waals surface area (Å²) in [7, 11) is 0.